The van der Waals surface area contributed by atoms with Gasteiger partial charge in [-0.3, -0.25) is 0 Å². The number of alkyl halides is 3. The molecule has 0 saturated carbocycles. The first-order valence-electron chi connectivity index (χ1n) is 5.69. The van der Waals surface area contributed by atoms with Gasteiger partial charge in [-0.15, -0.1) is 0 Å². The molecule has 1 aliphatic rings. The molecular weight excluding hydrogens is 281 g/mol. The third kappa shape index (κ3) is 3.46. The van der Waals surface area contributed by atoms with Crippen molar-refractivity contribution in [2.75, 3.05) is 13.1 Å². The molecule has 1 fully saturated rings. The SMILES string of the molecule is O=S(=O)(N[C@@H]1CCNC1)c1ccc(C(F)(F)F)cc1. The molecule has 2 N–H and O–H groups in total. The van der Waals surface area contributed by atoms with Gasteiger partial charge in [0.2, 0.25) is 10.0 Å². The van der Waals surface area contributed by atoms with Crippen molar-refractivity contribution in [1.29, 1.82) is 0 Å². The van der Waals surface area contributed by atoms with Gasteiger partial charge in [-0.1, -0.05) is 0 Å². The standard InChI is InChI=1S/C11H13F3N2O2S/c12-11(13,14)8-1-3-10(4-2-8)19(17,18)16-9-5-6-15-7-9/h1-4,9,15-16H,5-7H2/t9-/m1/s1. The quantitative estimate of drug-likeness (QED) is 0.884. The van der Waals surface area contributed by atoms with Crippen LogP contribution in [0.5, 0.6) is 0 Å². The van der Waals surface area contributed by atoms with Crippen LogP contribution in [-0.4, -0.2) is 27.5 Å². The zero-order valence-electron chi connectivity index (χ0n) is 9.87. The zero-order chi connectivity index (χ0) is 14.1. The van der Waals surface area contributed by atoms with Gasteiger partial charge < -0.3 is 5.32 Å². The Hall–Kier alpha value is -1.12. The lowest BCUT2D eigenvalue weighted by Crippen LogP contribution is -2.36. The molecule has 0 radical (unpaired) electrons. The Morgan fingerprint density at radius 3 is 2.32 bits per heavy atom. The minimum absolute atomic E-state index is 0.160. The average molecular weight is 294 g/mol. The number of sulfonamides is 1. The largest absolute Gasteiger partial charge is 0.416 e. The van der Waals surface area contributed by atoms with Gasteiger partial charge >= 0.3 is 6.18 Å². The Labute approximate surface area is 109 Å². The molecule has 0 amide bonds. The van der Waals surface area contributed by atoms with E-state index in [4.69, 9.17) is 0 Å². The van der Waals surface area contributed by atoms with Crippen LogP contribution in [0.3, 0.4) is 0 Å². The Balaban J connectivity index is 2.16. The summed E-state index contributed by atoms with van der Waals surface area (Å²) in [6, 6.07) is 3.25. The first-order chi connectivity index (χ1) is 8.79. The van der Waals surface area contributed by atoms with Crippen LogP contribution in [0.15, 0.2) is 29.2 Å². The third-order valence-corrected chi connectivity index (χ3v) is 4.41. The lowest BCUT2D eigenvalue weighted by molar-refractivity contribution is -0.137. The maximum atomic E-state index is 12.4. The molecule has 0 unspecified atom stereocenters. The summed E-state index contributed by atoms with van der Waals surface area (Å²) in [5.41, 5.74) is -0.867. The highest BCUT2D eigenvalue weighted by Crippen LogP contribution is 2.29. The van der Waals surface area contributed by atoms with Crippen molar-refractivity contribution in [1.82, 2.24) is 10.0 Å². The van der Waals surface area contributed by atoms with E-state index in [1.165, 1.54) is 0 Å². The van der Waals surface area contributed by atoms with E-state index in [-0.39, 0.29) is 10.9 Å². The lowest BCUT2D eigenvalue weighted by Gasteiger charge is -2.13. The van der Waals surface area contributed by atoms with Crippen molar-refractivity contribution >= 4 is 10.0 Å². The Bertz CT molecular complexity index is 534. The van der Waals surface area contributed by atoms with Gasteiger partial charge in [0.25, 0.3) is 0 Å². The highest BCUT2D eigenvalue weighted by molar-refractivity contribution is 7.89. The second-order valence-corrected chi connectivity index (χ2v) is 6.05. The maximum absolute atomic E-state index is 12.4. The van der Waals surface area contributed by atoms with Gasteiger partial charge in [0.15, 0.2) is 0 Å². The molecule has 1 saturated heterocycles. The molecule has 1 heterocycles. The van der Waals surface area contributed by atoms with Gasteiger partial charge in [0, 0.05) is 12.6 Å². The Morgan fingerprint density at radius 2 is 1.84 bits per heavy atom. The van der Waals surface area contributed by atoms with Gasteiger partial charge in [-0.25, -0.2) is 13.1 Å². The number of hydrogen-bond donors (Lipinski definition) is 2. The van der Waals surface area contributed by atoms with E-state index in [2.05, 4.69) is 10.0 Å². The van der Waals surface area contributed by atoms with E-state index in [1.807, 2.05) is 0 Å². The zero-order valence-corrected chi connectivity index (χ0v) is 10.7. The summed E-state index contributed by atoms with van der Waals surface area (Å²) in [5.74, 6) is 0. The van der Waals surface area contributed by atoms with E-state index < -0.39 is 21.8 Å². The summed E-state index contributed by atoms with van der Waals surface area (Å²) < 4.78 is 63.4. The van der Waals surface area contributed by atoms with Crippen LogP contribution < -0.4 is 10.0 Å². The number of hydrogen-bond acceptors (Lipinski definition) is 3. The monoisotopic (exact) mass is 294 g/mol. The summed E-state index contributed by atoms with van der Waals surface area (Å²) in [7, 11) is -3.76. The molecule has 1 aliphatic heterocycles. The predicted molar refractivity (Wildman–Crippen MR) is 63.0 cm³/mol. The smallest absolute Gasteiger partial charge is 0.315 e. The van der Waals surface area contributed by atoms with Crippen molar-refractivity contribution in [3.8, 4) is 0 Å². The van der Waals surface area contributed by atoms with Crippen LogP contribution in [0, 0.1) is 0 Å². The van der Waals surface area contributed by atoms with E-state index >= 15 is 0 Å². The molecule has 4 nitrogen and oxygen atoms in total. The Kier molecular flexibility index (Phi) is 3.84. The fourth-order valence-electron chi connectivity index (χ4n) is 1.87. The molecule has 19 heavy (non-hydrogen) atoms. The van der Waals surface area contributed by atoms with Crippen LogP contribution in [-0.2, 0) is 16.2 Å². The van der Waals surface area contributed by atoms with Gasteiger partial charge in [0.1, 0.15) is 0 Å². The molecule has 8 heteroatoms. The molecule has 0 bridgehead atoms. The lowest BCUT2D eigenvalue weighted by atomic mass is 10.2. The van der Waals surface area contributed by atoms with Crippen LogP contribution in [0.4, 0.5) is 13.2 Å². The molecule has 0 aromatic heterocycles. The first kappa shape index (κ1) is 14.3. The normalized spacial score (nSPS) is 20.7. The maximum Gasteiger partial charge on any atom is 0.416 e. The molecule has 1 aromatic carbocycles. The molecule has 1 aromatic rings. The summed E-state index contributed by atoms with van der Waals surface area (Å²) in [6.07, 6.45) is -3.80. The summed E-state index contributed by atoms with van der Waals surface area (Å²) in [6.45, 7) is 1.25. The minimum atomic E-state index is -4.47. The highest BCUT2D eigenvalue weighted by Gasteiger charge is 2.31. The second kappa shape index (κ2) is 5.10. The van der Waals surface area contributed by atoms with Crippen LogP contribution in [0.1, 0.15) is 12.0 Å². The number of benzene rings is 1. The Morgan fingerprint density at radius 1 is 1.21 bits per heavy atom. The average Bonchev–Trinajstić information content (AvgIpc) is 2.80. The van der Waals surface area contributed by atoms with Crippen molar-refractivity contribution in [3.05, 3.63) is 29.8 Å². The van der Waals surface area contributed by atoms with E-state index in [9.17, 15) is 21.6 Å². The predicted octanol–water partition coefficient (Wildman–Crippen LogP) is 1.35. The van der Waals surface area contributed by atoms with Gasteiger partial charge in [-0.05, 0) is 37.2 Å². The topological polar surface area (TPSA) is 58.2 Å². The van der Waals surface area contributed by atoms with Gasteiger partial charge in [-0.2, -0.15) is 13.2 Å². The number of halogens is 3. The fraction of sp³-hybridized carbons (Fsp3) is 0.455. The molecule has 2 rings (SSSR count). The van der Waals surface area contributed by atoms with Crippen LogP contribution in [0.25, 0.3) is 0 Å². The number of rotatable bonds is 3. The molecule has 1 atom stereocenters. The van der Waals surface area contributed by atoms with Crippen molar-refractivity contribution in [3.63, 3.8) is 0 Å². The van der Waals surface area contributed by atoms with Crippen molar-refractivity contribution < 1.29 is 21.6 Å². The second-order valence-electron chi connectivity index (χ2n) is 4.33. The van der Waals surface area contributed by atoms with E-state index in [0.29, 0.717) is 13.0 Å². The van der Waals surface area contributed by atoms with Crippen molar-refractivity contribution in [2.24, 2.45) is 0 Å². The van der Waals surface area contributed by atoms with Crippen LogP contribution >= 0.6 is 0 Å². The van der Waals surface area contributed by atoms with Crippen molar-refractivity contribution in [2.45, 2.75) is 23.5 Å². The highest BCUT2D eigenvalue weighted by atomic mass is 32.2. The summed E-state index contributed by atoms with van der Waals surface area (Å²) >= 11 is 0. The minimum Gasteiger partial charge on any atom is -0.315 e. The van der Waals surface area contributed by atoms with E-state index in [1.54, 1.807) is 0 Å². The molecule has 106 valence electrons. The van der Waals surface area contributed by atoms with Gasteiger partial charge in [0.05, 0.1) is 10.5 Å². The first-order valence-corrected chi connectivity index (χ1v) is 7.18. The fourth-order valence-corrected chi connectivity index (χ4v) is 3.14. The van der Waals surface area contributed by atoms with E-state index in [0.717, 1.165) is 30.8 Å². The number of nitrogens with one attached hydrogen (secondary N) is 2. The molecular formula is C11H13F3N2O2S. The summed E-state index contributed by atoms with van der Waals surface area (Å²) in [5, 5.41) is 3.00. The molecule has 0 aliphatic carbocycles. The summed E-state index contributed by atoms with van der Waals surface area (Å²) in [4.78, 5) is -0.160. The van der Waals surface area contributed by atoms with Crippen LogP contribution in [0.2, 0.25) is 0 Å². The third-order valence-electron chi connectivity index (χ3n) is 2.87. The molecule has 0 spiro atoms.